The number of carbonyl (C=O) groups excluding carboxylic acids is 2. The number of anilines is 1. The van der Waals surface area contributed by atoms with E-state index in [1.807, 2.05) is 19.9 Å². The van der Waals surface area contributed by atoms with Crippen LogP contribution < -0.4 is 10.6 Å². The van der Waals surface area contributed by atoms with Crippen LogP contribution in [0.15, 0.2) is 36.4 Å². The van der Waals surface area contributed by atoms with E-state index < -0.39 is 17.5 Å². The molecule has 0 unspecified atom stereocenters. The van der Waals surface area contributed by atoms with Crippen molar-refractivity contribution in [2.24, 2.45) is 17.8 Å². The van der Waals surface area contributed by atoms with E-state index in [4.69, 9.17) is 4.98 Å². The number of halogens is 2. The van der Waals surface area contributed by atoms with E-state index in [1.165, 1.54) is 18.4 Å². The summed E-state index contributed by atoms with van der Waals surface area (Å²) in [7, 11) is 0. The molecule has 1 aliphatic heterocycles. The zero-order valence-electron chi connectivity index (χ0n) is 25.1. The normalized spacial score (nSPS) is 20.4. The van der Waals surface area contributed by atoms with Crippen LogP contribution in [0.4, 0.5) is 14.7 Å². The predicted molar refractivity (Wildman–Crippen MR) is 161 cm³/mol. The van der Waals surface area contributed by atoms with Gasteiger partial charge in [-0.1, -0.05) is 19.9 Å². The molecule has 226 valence electrons. The van der Waals surface area contributed by atoms with Crippen molar-refractivity contribution in [3.8, 4) is 0 Å². The fourth-order valence-electron chi connectivity index (χ4n) is 6.59. The minimum Gasteiger partial charge on any atom is -0.354 e. The van der Waals surface area contributed by atoms with Crippen LogP contribution in [0.5, 0.6) is 0 Å². The summed E-state index contributed by atoms with van der Waals surface area (Å²) < 4.78 is 29.8. The molecule has 9 heteroatoms. The monoisotopic (exact) mass is 579 g/mol. The molecule has 2 N–H and O–H groups in total. The lowest BCUT2D eigenvalue weighted by molar-refractivity contribution is -0.126. The Labute approximate surface area is 247 Å². The maximum absolute atomic E-state index is 13.9. The number of nitrogens with zero attached hydrogens (tertiary/aromatic N) is 3. The van der Waals surface area contributed by atoms with Crippen molar-refractivity contribution in [2.75, 3.05) is 18.4 Å². The molecule has 7 nitrogen and oxygen atoms in total. The van der Waals surface area contributed by atoms with Gasteiger partial charge in [0.15, 0.2) is 0 Å². The van der Waals surface area contributed by atoms with Crippen LogP contribution in [0, 0.1) is 29.4 Å². The van der Waals surface area contributed by atoms with Gasteiger partial charge in [-0.05, 0) is 107 Å². The van der Waals surface area contributed by atoms with Crippen LogP contribution in [-0.2, 0) is 11.3 Å². The summed E-state index contributed by atoms with van der Waals surface area (Å²) in [5.74, 6) is -0.363. The summed E-state index contributed by atoms with van der Waals surface area (Å²) in [4.78, 5) is 33.1. The predicted octanol–water partition coefficient (Wildman–Crippen LogP) is 6.69. The molecule has 0 radical (unpaired) electrons. The number of piperidine rings is 1. The minimum atomic E-state index is -0.811. The quantitative estimate of drug-likeness (QED) is 0.312. The highest BCUT2D eigenvalue weighted by Crippen LogP contribution is 2.37. The third-order valence-electron chi connectivity index (χ3n) is 8.95. The number of amides is 2. The van der Waals surface area contributed by atoms with Gasteiger partial charge in [-0.3, -0.25) is 19.8 Å². The molecule has 0 atom stereocenters. The summed E-state index contributed by atoms with van der Waals surface area (Å²) in [6, 6.07) is 9.13. The SMILES string of the molecule is CC(C)NC(=O)C1CCC(n2c(NC(=O)c3cc(F)cc(F)c3)nc3ccc(CN4CCC(C(C)C)CC4)cc32)CC1. The molecule has 2 amide bonds. The van der Waals surface area contributed by atoms with Gasteiger partial charge in [-0.25, -0.2) is 13.8 Å². The molecule has 1 aromatic heterocycles. The maximum Gasteiger partial charge on any atom is 0.258 e. The second kappa shape index (κ2) is 12.9. The average Bonchev–Trinajstić information content (AvgIpc) is 3.29. The van der Waals surface area contributed by atoms with E-state index in [2.05, 4.69) is 46.1 Å². The molecule has 2 fully saturated rings. The van der Waals surface area contributed by atoms with E-state index in [1.54, 1.807) is 0 Å². The molecule has 1 aliphatic carbocycles. The standard InChI is InChI=1S/C33H43F2N5O2/c1-20(2)23-11-13-39(14-12-23)19-22-5-10-29-30(15-22)40(28-8-6-24(7-9-28)31(41)36-21(3)4)33(37-29)38-32(42)25-16-26(34)18-27(35)17-25/h5,10,15-18,20-21,23-24,28H,6-9,11-14,19H2,1-4H3,(H,36,41)(H,37,38,42). The summed E-state index contributed by atoms with van der Waals surface area (Å²) >= 11 is 0. The Balaban J connectivity index is 1.41. The Kier molecular flexibility index (Phi) is 9.25. The van der Waals surface area contributed by atoms with Crippen molar-refractivity contribution >= 4 is 28.8 Å². The lowest BCUT2D eigenvalue weighted by Crippen LogP contribution is -2.37. The van der Waals surface area contributed by atoms with E-state index in [-0.39, 0.29) is 29.5 Å². The van der Waals surface area contributed by atoms with Crippen molar-refractivity contribution in [3.05, 3.63) is 59.2 Å². The van der Waals surface area contributed by atoms with Crippen LogP contribution >= 0.6 is 0 Å². The molecule has 5 rings (SSSR count). The third kappa shape index (κ3) is 7.00. The molecule has 42 heavy (non-hydrogen) atoms. The van der Waals surface area contributed by atoms with Crippen LogP contribution in [0.3, 0.4) is 0 Å². The number of likely N-dealkylation sites (tertiary alicyclic amines) is 1. The Morgan fingerprint density at radius 1 is 0.929 bits per heavy atom. The Hall–Kier alpha value is -3.33. The molecule has 1 saturated heterocycles. The van der Waals surface area contributed by atoms with Crippen molar-refractivity contribution in [3.63, 3.8) is 0 Å². The lowest BCUT2D eigenvalue weighted by Gasteiger charge is -2.34. The van der Waals surface area contributed by atoms with Crippen molar-refractivity contribution in [1.29, 1.82) is 0 Å². The molecular weight excluding hydrogens is 536 g/mol. The van der Waals surface area contributed by atoms with Gasteiger partial charge >= 0.3 is 0 Å². The zero-order valence-corrected chi connectivity index (χ0v) is 25.1. The number of hydrogen-bond donors (Lipinski definition) is 2. The van der Waals surface area contributed by atoms with Gasteiger partial charge < -0.3 is 9.88 Å². The minimum absolute atomic E-state index is 0.0229. The summed E-state index contributed by atoms with van der Waals surface area (Å²) in [6.07, 6.45) is 5.40. The summed E-state index contributed by atoms with van der Waals surface area (Å²) in [6.45, 7) is 11.5. The number of imidazole rings is 1. The van der Waals surface area contributed by atoms with Gasteiger partial charge in [0.25, 0.3) is 5.91 Å². The van der Waals surface area contributed by atoms with E-state index >= 15 is 0 Å². The molecule has 1 saturated carbocycles. The molecular formula is C33H43F2N5O2. The smallest absolute Gasteiger partial charge is 0.258 e. The van der Waals surface area contributed by atoms with Gasteiger partial charge in [0, 0.05) is 36.2 Å². The number of rotatable bonds is 8. The van der Waals surface area contributed by atoms with Gasteiger partial charge in [0.05, 0.1) is 11.0 Å². The number of aromatic nitrogens is 2. The number of carbonyl (C=O) groups is 2. The fraction of sp³-hybridized carbons (Fsp3) is 0.545. The molecule has 0 bridgehead atoms. The molecule has 2 aromatic carbocycles. The number of hydrogen-bond acceptors (Lipinski definition) is 4. The first-order valence-electron chi connectivity index (χ1n) is 15.4. The maximum atomic E-state index is 13.9. The molecule has 2 heterocycles. The summed E-state index contributed by atoms with van der Waals surface area (Å²) in [5, 5.41) is 5.86. The molecule has 2 aliphatic rings. The highest BCUT2D eigenvalue weighted by atomic mass is 19.1. The first kappa shape index (κ1) is 30.1. The Morgan fingerprint density at radius 3 is 2.21 bits per heavy atom. The van der Waals surface area contributed by atoms with Gasteiger partial charge in [-0.2, -0.15) is 0 Å². The van der Waals surface area contributed by atoms with E-state index in [0.29, 0.717) is 11.9 Å². The first-order chi connectivity index (χ1) is 20.1. The largest absolute Gasteiger partial charge is 0.354 e. The van der Waals surface area contributed by atoms with E-state index in [0.717, 1.165) is 80.5 Å². The van der Waals surface area contributed by atoms with Crippen LogP contribution in [0.2, 0.25) is 0 Å². The topological polar surface area (TPSA) is 79.3 Å². The highest BCUT2D eigenvalue weighted by Gasteiger charge is 2.30. The second-order valence-electron chi connectivity index (χ2n) is 12.8. The van der Waals surface area contributed by atoms with Crippen LogP contribution in [0.25, 0.3) is 11.0 Å². The Bertz CT molecular complexity index is 1400. The summed E-state index contributed by atoms with van der Waals surface area (Å²) in [5.41, 5.74) is 2.74. The number of nitrogens with one attached hydrogen (secondary N) is 2. The van der Waals surface area contributed by atoms with Gasteiger partial charge in [0.1, 0.15) is 11.6 Å². The number of benzene rings is 2. The van der Waals surface area contributed by atoms with Crippen LogP contribution in [-0.4, -0.2) is 45.4 Å². The van der Waals surface area contributed by atoms with Gasteiger partial charge in [0.2, 0.25) is 11.9 Å². The molecule has 0 spiro atoms. The lowest BCUT2D eigenvalue weighted by atomic mass is 9.85. The van der Waals surface area contributed by atoms with Crippen LogP contribution in [0.1, 0.15) is 88.2 Å². The molecule has 3 aromatic rings. The van der Waals surface area contributed by atoms with Crippen molar-refractivity contribution < 1.29 is 18.4 Å². The second-order valence-corrected chi connectivity index (χ2v) is 12.8. The zero-order chi connectivity index (χ0) is 30.0. The van der Waals surface area contributed by atoms with Crippen molar-refractivity contribution in [2.45, 2.75) is 84.8 Å². The first-order valence-corrected chi connectivity index (χ1v) is 15.4. The highest BCUT2D eigenvalue weighted by molar-refractivity contribution is 6.04. The third-order valence-corrected chi connectivity index (χ3v) is 8.95. The number of fused-ring (bicyclic) bond motifs is 1. The average molecular weight is 580 g/mol. The van der Waals surface area contributed by atoms with E-state index in [9.17, 15) is 18.4 Å². The van der Waals surface area contributed by atoms with Gasteiger partial charge in [-0.15, -0.1) is 0 Å². The van der Waals surface area contributed by atoms with Crippen molar-refractivity contribution in [1.82, 2.24) is 19.8 Å². The Morgan fingerprint density at radius 2 is 1.60 bits per heavy atom. The fourth-order valence-corrected chi connectivity index (χ4v) is 6.59.